The molecule has 0 fully saturated rings. The molecule has 136 valence electrons. The molecule has 0 bridgehead atoms. The maximum absolute atomic E-state index is 11.4. The van der Waals surface area contributed by atoms with Crippen LogP contribution in [0.25, 0.3) is 10.9 Å². The van der Waals surface area contributed by atoms with Gasteiger partial charge in [-0.05, 0) is 17.2 Å². The van der Waals surface area contributed by atoms with Gasteiger partial charge in [-0.15, -0.1) is 0 Å². The molecule has 1 amide bonds. The first-order valence-corrected chi connectivity index (χ1v) is 8.56. The van der Waals surface area contributed by atoms with E-state index in [1.165, 1.54) is 0 Å². The van der Waals surface area contributed by atoms with E-state index in [-0.39, 0.29) is 5.89 Å². The maximum Gasteiger partial charge on any atom is 0.405 e. The van der Waals surface area contributed by atoms with E-state index in [9.17, 15) is 4.79 Å². The van der Waals surface area contributed by atoms with Gasteiger partial charge >= 0.3 is 6.09 Å². The lowest BCUT2D eigenvalue weighted by Crippen LogP contribution is -2.19. The number of rotatable bonds is 6. The molecule has 27 heavy (non-hydrogen) atoms. The standard InChI is InChI=1S/C20H18N4O3/c21-20(25)26-17(11-14-12-22-16-9-5-4-8-15(14)16)19-23-18(24-27-19)10-13-6-2-1-3-7-13/h1-9,12,17,22H,10-11H2,(H2,21,25)/t17-/m0/s1. The van der Waals surface area contributed by atoms with Crippen molar-refractivity contribution in [1.29, 1.82) is 0 Å². The fourth-order valence-electron chi connectivity index (χ4n) is 3.07. The largest absolute Gasteiger partial charge is 0.436 e. The number of hydrogen-bond donors (Lipinski definition) is 2. The number of primary amides is 1. The number of para-hydroxylation sites is 1. The Bertz CT molecular complexity index is 1060. The summed E-state index contributed by atoms with van der Waals surface area (Å²) in [5.74, 6) is 0.748. The summed E-state index contributed by atoms with van der Waals surface area (Å²) in [6.45, 7) is 0. The lowest BCUT2D eigenvalue weighted by Gasteiger charge is -2.12. The summed E-state index contributed by atoms with van der Waals surface area (Å²) in [7, 11) is 0. The van der Waals surface area contributed by atoms with Crippen molar-refractivity contribution >= 4 is 17.0 Å². The number of carbonyl (C=O) groups excluding carboxylic acids is 1. The molecule has 4 aromatic rings. The van der Waals surface area contributed by atoms with Gasteiger partial charge in [0.25, 0.3) is 5.89 Å². The zero-order chi connectivity index (χ0) is 18.6. The molecule has 2 heterocycles. The van der Waals surface area contributed by atoms with Gasteiger partial charge in [-0.3, -0.25) is 0 Å². The zero-order valence-electron chi connectivity index (χ0n) is 14.5. The second kappa shape index (κ2) is 7.33. The third-order valence-electron chi connectivity index (χ3n) is 4.30. The number of benzene rings is 2. The molecule has 0 aliphatic rings. The van der Waals surface area contributed by atoms with Crippen LogP contribution >= 0.6 is 0 Å². The van der Waals surface area contributed by atoms with Crippen molar-refractivity contribution in [3.63, 3.8) is 0 Å². The monoisotopic (exact) mass is 362 g/mol. The van der Waals surface area contributed by atoms with Crippen molar-refractivity contribution in [2.75, 3.05) is 0 Å². The summed E-state index contributed by atoms with van der Waals surface area (Å²) in [4.78, 5) is 19.0. The van der Waals surface area contributed by atoms with Gasteiger partial charge in [-0.25, -0.2) is 4.79 Å². The van der Waals surface area contributed by atoms with Crippen LogP contribution in [0, 0.1) is 0 Å². The fraction of sp³-hybridized carbons (Fsp3) is 0.150. The van der Waals surface area contributed by atoms with E-state index < -0.39 is 12.2 Å². The van der Waals surface area contributed by atoms with E-state index in [0.29, 0.717) is 18.7 Å². The Morgan fingerprint density at radius 2 is 1.93 bits per heavy atom. The van der Waals surface area contributed by atoms with Crippen molar-refractivity contribution in [2.45, 2.75) is 18.9 Å². The fourth-order valence-corrected chi connectivity index (χ4v) is 3.07. The number of carbonyl (C=O) groups is 1. The third kappa shape index (κ3) is 3.82. The van der Waals surface area contributed by atoms with Gasteiger partial charge in [0.1, 0.15) is 0 Å². The molecule has 0 radical (unpaired) electrons. The smallest absolute Gasteiger partial charge is 0.405 e. The van der Waals surface area contributed by atoms with Crippen molar-refractivity contribution in [1.82, 2.24) is 15.1 Å². The Balaban J connectivity index is 1.58. The molecule has 2 aromatic carbocycles. The summed E-state index contributed by atoms with van der Waals surface area (Å²) in [6.07, 6.45) is 1.14. The average molecular weight is 362 g/mol. The number of aromatic amines is 1. The molecule has 0 saturated carbocycles. The molecule has 0 aliphatic carbocycles. The maximum atomic E-state index is 11.4. The Kier molecular flexibility index (Phi) is 4.57. The number of ether oxygens (including phenoxy) is 1. The van der Waals surface area contributed by atoms with Gasteiger partial charge in [0.15, 0.2) is 11.9 Å². The van der Waals surface area contributed by atoms with Crippen LogP contribution in [0.1, 0.15) is 28.9 Å². The van der Waals surface area contributed by atoms with Gasteiger partial charge in [0, 0.05) is 29.9 Å². The van der Waals surface area contributed by atoms with E-state index >= 15 is 0 Å². The number of amides is 1. The van der Waals surface area contributed by atoms with Gasteiger partial charge < -0.3 is 20.0 Å². The number of hydrogen-bond acceptors (Lipinski definition) is 5. The van der Waals surface area contributed by atoms with Crippen LogP contribution in [0.2, 0.25) is 0 Å². The highest BCUT2D eigenvalue weighted by atomic mass is 16.6. The van der Waals surface area contributed by atoms with Crippen molar-refractivity contribution in [3.8, 4) is 0 Å². The Hall–Kier alpha value is -3.61. The Labute approximate surface area is 155 Å². The minimum atomic E-state index is -0.886. The number of nitrogens with zero attached hydrogens (tertiary/aromatic N) is 2. The number of nitrogens with one attached hydrogen (secondary N) is 1. The second-order valence-corrected chi connectivity index (χ2v) is 6.20. The van der Waals surface area contributed by atoms with Crippen LogP contribution < -0.4 is 5.73 Å². The average Bonchev–Trinajstić information content (AvgIpc) is 3.29. The van der Waals surface area contributed by atoms with E-state index in [2.05, 4.69) is 15.1 Å². The summed E-state index contributed by atoms with van der Waals surface area (Å²) in [6, 6.07) is 17.7. The predicted molar refractivity (Wildman–Crippen MR) is 99.0 cm³/mol. The van der Waals surface area contributed by atoms with Crippen molar-refractivity contribution < 1.29 is 14.1 Å². The first-order valence-electron chi connectivity index (χ1n) is 8.56. The van der Waals surface area contributed by atoms with Crippen molar-refractivity contribution in [3.05, 3.63) is 83.6 Å². The Morgan fingerprint density at radius 1 is 1.15 bits per heavy atom. The summed E-state index contributed by atoms with van der Waals surface area (Å²) >= 11 is 0. The number of H-pyrrole nitrogens is 1. The molecule has 0 unspecified atom stereocenters. The van der Waals surface area contributed by atoms with Crippen LogP contribution in [0.15, 0.2) is 65.3 Å². The summed E-state index contributed by atoms with van der Waals surface area (Å²) < 4.78 is 10.6. The van der Waals surface area contributed by atoms with E-state index in [1.807, 2.05) is 60.8 Å². The molecule has 4 rings (SSSR count). The molecule has 7 heteroatoms. The second-order valence-electron chi connectivity index (χ2n) is 6.20. The summed E-state index contributed by atoms with van der Waals surface area (Å²) in [5, 5.41) is 5.05. The van der Waals surface area contributed by atoms with Crippen LogP contribution in [0.3, 0.4) is 0 Å². The molecular formula is C20H18N4O3. The first kappa shape index (κ1) is 16.8. The number of fused-ring (bicyclic) bond motifs is 1. The molecule has 7 nitrogen and oxygen atoms in total. The van der Waals surface area contributed by atoms with Crippen LogP contribution in [0.4, 0.5) is 4.79 Å². The topological polar surface area (TPSA) is 107 Å². The molecular weight excluding hydrogens is 344 g/mol. The van der Waals surface area contributed by atoms with Crippen LogP contribution in [-0.2, 0) is 17.6 Å². The minimum absolute atomic E-state index is 0.227. The van der Waals surface area contributed by atoms with Crippen molar-refractivity contribution in [2.24, 2.45) is 5.73 Å². The van der Waals surface area contributed by atoms with Crippen LogP contribution in [0.5, 0.6) is 0 Å². The molecule has 1 atom stereocenters. The normalized spacial score (nSPS) is 12.1. The molecule has 3 N–H and O–H groups in total. The molecule has 2 aromatic heterocycles. The van der Waals surface area contributed by atoms with Gasteiger partial charge in [-0.1, -0.05) is 53.7 Å². The van der Waals surface area contributed by atoms with Gasteiger partial charge in [0.05, 0.1) is 0 Å². The highest BCUT2D eigenvalue weighted by Crippen LogP contribution is 2.26. The zero-order valence-corrected chi connectivity index (χ0v) is 14.5. The molecule has 0 saturated heterocycles. The van der Waals surface area contributed by atoms with Crippen LogP contribution in [-0.4, -0.2) is 21.2 Å². The first-order chi connectivity index (χ1) is 13.2. The van der Waals surface area contributed by atoms with Gasteiger partial charge in [0.2, 0.25) is 0 Å². The highest BCUT2D eigenvalue weighted by Gasteiger charge is 2.24. The lowest BCUT2D eigenvalue weighted by atomic mass is 10.1. The minimum Gasteiger partial charge on any atom is -0.436 e. The summed E-state index contributed by atoms with van der Waals surface area (Å²) in [5.41, 5.74) is 8.28. The Morgan fingerprint density at radius 3 is 2.74 bits per heavy atom. The third-order valence-corrected chi connectivity index (χ3v) is 4.30. The van der Waals surface area contributed by atoms with E-state index in [4.69, 9.17) is 15.0 Å². The van der Waals surface area contributed by atoms with E-state index in [0.717, 1.165) is 22.0 Å². The predicted octanol–water partition coefficient (Wildman–Crippen LogP) is 3.52. The number of nitrogens with two attached hydrogens (primary N) is 1. The lowest BCUT2D eigenvalue weighted by molar-refractivity contribution is 0.0852. The van der Waals surface area contributed by atoms with E-state index in [1.54, 1.807) is 0 Å². The molecule has 0 aliphatic heterocycles. The SMILES string of the molecule is NC(=O)O[C@@H](Cc1c[nH]c2ccccc12)c1nc(Cc2ccccc2)no1. The quantitative estimate of drug-likeness (QED) is 0.546. The highest BCUT2D eigenvalue weighted by molar-refractivity contribution is 5.83. The molecule has 0 spiro atoms. The van der Waals surface area contributed by atoms with Gasteiger partial charge in [-0.2, -0.15) is 4.98 Å². The number of aromatic nitrogens is 3.